The van der Waals surface area contributed by atoms with Crippen LogP contribution >= 0.6 is 11.8 Å². The van der Waals surface area contributed by atoms with Crippen LogP contribution in [0.25, 0.3) is 10.9 Å². The van der Waals surface area contributed by atoms with Gasteiger partial charge in [0.05, 0.1) is 11.3 Å². The molecule has 150 valence electrons. The number of nitrogens with zero attached hydrogens (tertiary/aromatic N) is 1. The molecule has 29 heavy (non-hydrogen) atoms. The van der Waals surface area contributed by atoms with Gasteiger partial charge in [0, 0.05) is 11.9 Å². The fraction of sp³-hybridized carbons (Fsp3) is 0.304. The molecule has 0 saturated carbocycles. The van der Waals surface area contributed by atoms with Crippen molar-refractivity contribution in [1.29, 1.82) is 0 Å². The van der Waals surface area contributed by atoms with Crippen LogP contribution in [0.3, 0.4) is 0 Å². The van der Waals surface area contributed by atoms with Gasteiger partial charge < -0.3 is 14.8 Å². The highest BCUT2D eigenvalue weighted by molar-refractivity contribution is 7.99. The third-order valence-electron chi connectivity index (χ3n) is 5.20. The largest absolute Gasteiger partial charge is 0.454 e. The van der Waals surface area contributed by atoms with Crippen LogP contribution in [0.5, 0.6) is 11.5 Å². The molecule has 0 saturated heterocycles. The third kappa shape index (κ3) is 4.17. The lowest BCUT2D eigenvalue weighted by atomic mass is 10.0. The standard InChI is InChI=1S/C23H24N2O3S/c1-4-17-10-18-7-5-14(2)15(3)22(18)25-23(17)29-12-21(26)24-11-16-6-8-19-20(9-16)28-13-27-19/h5-10H,4,11-13H2,1-3H3,(H,24,26). The number of carbonyl (C=O) groups is 1. The van der Waals surface area contributed by atoms with Crippen molar-refractivity contribution in [2.75, 3.05) is 12.5 Å². The molecule has 1 aliphatic rings. The molecule has 2 aromatic carbocycles. The molecule has 0 spiro atoms. The summed E-state index contributed by atoms with van der Waals surface area (Å²) in [4.78, 5) is 17.3. The highest BCUT2D eigenvalue weighted by atomic mass is 32.2. The lowest BCUT2D eigenvalue weighted by Gasteiger charge is -2.12. The molecule has 2 heterocycles. The van der Waals surface area contributed by atoms with Crippen molar-refractivity contribution in [2.24, 2.45) is 0 Å². The van der Waals surface area contributed by atoms with Crippen LogP contribution in [-0.4, -0.2) is 23.4 Å². The number of aromatic nitrogens is 1. The van der Waals surface area contributed by atoms with Crippen LogP contribution in [0.2, 0.25) is 0 Å². The highest BCUT2D eigenvalue weighted by Gasteiger charge is 2.14. The fourth-order valence-corrected chi connectivity index (χ4v) is 4.24. The Morgan fingerprint density at radius 1 is 1.14 bits per heavy atom. The van der Waals surface area contributed by atoms with Gasteiger partial charge in [-0.3, -0.25) is 4.79 Å². The Hall–Kier alpha value is -2.73. The summed E-state index contributed by atoms with van der Waals surface area (Å²) in [6.07, 6.45) is 0.886. The maximum atomic E-state index is 12.4. The molecule has 0 unspecified atom stereocenters. The summed E-state index contributed by atoms with van der Waals surface area (Å²) < 4.78 is 10.7. The number of aryl methyl sites for hydroxylation is 3. The van der Waals surface area contributed by atoms with Crippen molar-refractivity contribution >= 4 is 28.6 Å². The van der Waals surface area contributed by atoms with Crippen molar-refractivity contribution in [2.45, 2.75) is 38.8 Å². The Labute approximate surface area is 174 Å². The zero-order valence-corrected chi connectivity index (χ0v) is 17.7. The minimum absolute atomic E-state index is 0.0161. The molecule has 0 bridgehead atoms. The summed E-state index contributed by atoms with van der Waals surface area (Å²) in [5.74, 6) is 1.79. The second kappa shape index (κ2) is 8.33. The molecule has 0 radical (unpaired) electrons. The van der Waals surface area contributed by atoms with E-state index in [1.807, 2.05) is 18.2 Å². The minimum atomic E-state index is -0.0161. The van der Waals surface area contributed by atoms with Gasteiger partial charge >= 0.3 is 0 Å². The first-order valence-electron chi connectivity index (χ1n) is 9.73. The van der Waals surface area contributed by atoms with Gasteiger partial charge in [0.2, 0.25) is 12.7 Å². The van der Waals surface area contributed by atoms with Gasteiger partial charge in [-0.15, -0.1) is 0 Å². The Kier molecular flexibility index (Phi) is 5.62. The van der Waals surface area contributed by atoms with E-state index in [0.29, 0.717) is 12.3 Å². The number of nitrogens with one attached hydrogen (secondary N) is 1. The van der Waals surface area contributed by atoms with E-state index < -0.39 is 0 Å². The van der Waals surface area contributed by atoms with E-state index in [1.54, 1.807) is 0 Å². The molecule has 5 nitrogen and oxygen atoms in total. The molecule has 1 N–H and O–H groups in total. The Balaban J connectivity index is 1.42. The number of benzene rings is 2. The molecule has 6 heteroatoms. The van der Waals surface area contributed by atoms with Crippen LogP contribution in [0.1, 0.15) is 29.2 Å². The molecular weight excluding hydrogens is 384 g/mol. The van der Waals surface area contributed by atoms with Gasteiger partial charge in [0.1, 0.15) is 5.03 Å². The van der Waals surface area contributed by atoms with E-state index in [1.165, 1.54) is 28.5 Å². The average molecular weight is 409 g/mol. The topological polar surface area (TPSA) is 60.5 Å². The number of pyridine rings is 1. The monoisotopic (exact) mass is 408 g/mol. The number of rotatable bonds is 6. The van der Waals surface area contributed by atoms with E-state index in [4.69, 9.17) is 14.5 Å². The lowest BCUT2D eigenvalue weighted by molar-refractivity contribution is -0.118. The predicted octanol–water partition coefficient (Wildman–Crippen LogP) is 4.55. The Bertz CT molecular complexity index is 1080. The molecule has 1 amide bonds. The minimum Gasteiger partial charge on any atom is -0.454 e. The predicted molar refractivity (Wildman–Crippen MR) is 116 cm³/mol. The normalized spacial score (nSPS) is 12.4. The van der Waals surface area contributed by atoms with E-state index >= 15 is 0 Å². The summed E-state index contributed by atoms with van der Waals surface area (Å²) >= 11 is 1.50. The number of amides is 1. The molecule has 0 aliphatic carbocycles. The van der Waals surface area contributed by atoms with Crippen molar-refractivity contribution in [1.82, 2.24) is 10.3 Å². The van der Waals surface area contributed by atoms with Crippen molar-refractivity contribution < 1.29 is 14.3 Å². The molecule has 0 fully saturated rings. The maximum Gasteiger partial charge on any atom is 0.231 e. The summed E-state index contributed by atoms with van der Waals surface area (Å²) in [6, 6.07) is 12.2. The number of thioether (sulfide) groups is 1. The van der Waals surface area contributed by atoms with Gasteiger partial charge in [-0.2, -0.15) is 0 Å². The number of fused-ring (bicyclic) bond motifs is 2. The zero-order chi connectivity index (χ0) is 20.4. The molecule has 0 atom stereocenters. The van der Waals surface area contributed by atoms with Crippen molar-refractivity contribution in [3.8, 4) is 11.5 Å². The second-order valence-electron chi connectivity index (χ2n) is 7.14. The van der Waals surface area contributed by atoms with Crippen LogP contribution in [0, 0.1) is 13.8 Å². The first kappa shape index (κ1) is 19.6. The van der Waals surface area contributed by atoms with E-state index in [2.05, 4.69) is 44.3 Å². The number of hydrogen-bond donors (Lipinski definition) is 1. The van der Waals surface area contributed by atoms with Gasteiger partial charge in [0.25, 0.3) is 0 Å². The van der Waals surface area contributed by atoms with Crippen molar-refractivity contribution in [3.63, 3.8) is 0 Å². The second-order valence-corrected chi connectivity index (χ2v) is 8.10. The molecule has 3 aromatic rings. The lowest BCUT2D eigenvalue weighted by Crippen LogP contribution is -2.24. The van der Waals surface area contributed by atoms with Gasteiger partial charge in [0.15, 0.2) is 11.5 Å². The first-order valence-corrected chi connectivity index (χ1v) is 10.7. The van der Waals surface area contributed by atoms with Crippen LogP contribution in [0.4, 0.5) is 0 Å². The summed E-state index contributed by atoms with van der Waals surface area (Å²) in [5.41, 5.74) is 5.60. The van der Waals surface area contributed by atoms with E-state index in [-0.39, 0.29) is 12.7 Å². The number of hydrogen-bond acceptors (Lipinski definition) is 5. The fourth-order valence-electron chi connectivity index (χ4n) is 3.32. The molecule has 1 aromatic heterocycles. The van der Waals surface area contributed by atoms with E-state index in [0.717, 1.165) is 39.4 Å². The average Bonchev–Trinajstić information content (AvgIpc) is 3.21. The summed E-state index contributed by atoms with van der Waals surface area (Å²) in [5, 5.41) is 5.06. The quantitative estimate of drug-likeness (QED) is 0.606. The van der Waals surface area contributed by atoms with Crippen LogP contribution < -0.4 is 14.8 Å². The van der Waals surface area contributed by atoms with E-state index in [9.17, 15) is 4.79 Å². The van der Waals surface area contributed by atoms with Gasteiger partial charge in [-0.25, -0.2) is 4.98 Å². The van der Waals surface area contributed by atoms with Crippen molar-refractivity contribution in [3.05, 3.63) is 58.7 Å². The summed E-state index contributed by atoms with van der Waals surface area (Å²) in [7, 11) is 0. The molecular formula is C23H24N2O3S. The highest BCUT2D eigenvalue weighted by Crippen LogP contribution is 2.32. The molecule has 1 aliphatic heterocycles. The first-order chi connectivity index (χ1) is 14.0. The smallest absolute Gasteiger partial charge is 0.231 e. The zero-order valence-electron chi connectivity index (χ0n) is 16.9. The van der Waals surface area contributed by atoms with Crippen LogP contribution in [-0.2, 0) is 17.8 Å². The molecule has 4 rings (SSSR count). The number of ether oxygens (including phenoxy) is 2. The third-order valence-corrected chi connectivity index (χ3v) is 6.23. The maximum absolute atomic E-state index is 12.4. The number of carbonyl (C=O) groups excluding carboxylic acids is 1. The van der Waals surface area contributed by atoms with Gasteiger partial charge in [-0.05, 0) is 60.7 Å². The van der Waals surface area contributed by atoms with Crippen LogP contribution in [0.15, 0.2) is 41.4 Å². The SMILES string of the molecule is CCc1cc2ccc(C)c(C)c2nc1SCC(=O)NCc1ccc2c(c1)OCO2. The summed E-state index contributed by atoms with van der Waals surface area (Å²) in [6.45, 7) is 7.02. The Morgan fingerprint density at radius 3 is 2.79 bits per heavy atom. The van der Waals surface area contributed by atoms with Gasteiger partial charge in [-0.1, -0.05) is 36.9 Å². The Morgan fingerprint density at radius 2 is 1.97 bits per heavy atom.